The molecular formula is C7H13NO2S. The summed E-state index contributed by atoms with van der Waals surface area (Å²) in [4.78, 5) is 0. The minimum absolute atomic E-state index is 0.340. The van der Waals surface area contributed by atoms with Gasteiger partial charge in [0.25, 0.3) is 0 Å². The first kappa shape index (κ1) is 7.55. The lowest BCUT2D eigenvalue weighted by molar-refractivity contribution is 0.313. The molecule has 2 rings (SSSR count). The van der Waals surface area contributed by atoms with Crippen molar-refractivity contribution in [2.75, 3.05) is 18.8 Å². The van der Waals surface area contributed by atoms with Crippen molar-refractivity contribution in [3.63, 3.8) is 0 Å². The van der Waals surface area contributed by atoms with Gasteiger partial charge in [-0.25, -0.2) is 8.42 Å². The summed E-state index contributed by atoms with van der Waals surface area (Å²) in [6, 6.07) is 0. The Hall–Kier alpha value is -0.0900. The largest absolute Gasteiger partial charge is 0.314 e. The number of sulfone groups is 1. The zero-order valence-electron chi connectivity index (χ0n) is 6.47. The van der Waals surface area contributed by atoms with E-state index in [9.17, 15) is 8.42 Å². The number of rotatable bonds is 0. The molecule has 2 aliphatic rings. The molecule has 1 spiro atoms. The van der Waals surface area contributed by atoms with Crippen molar-refractivity contribution in [1.82, 2.24) is 5.32 Å². The Morgan fingerprint density at radius 3 is 2.36 bits per heavy atom. The summed E-state index contributed by atoms with van der Waals surface area (Å²) in [5, 5.41) is 3.15. The van der Waals surface area contributed by atoms with E-state index >= 15 is 0 Å². The summed E-state index contributed by atoms with van der Waals surface area (Å²) in [5.41, 5.74) is 0. The molecule has 0 aromatic heterocycles. The molecule has 1 heterocycles. The molecule has 1 N–H and O–H groups in total. The second-order valence-corrected chi connectivity index (χ2v) is 6.04. The average molecular weight is 175 g/mol. The van der Waals surface area contributed by atoms with E-state index in [1.54, 1.807) is 0 Å². The molecule has 0 aromatic carbocycles. The van der Waals surface area contributed by atoms with Crippen molar-refractivity contribution in [3.05, 3.63) is 0 Å². The van der Waals surface area contributed by atoms with Crippen LogP contribution in [0.4, 0.5) is 0 Å². The normalized spacial score (nSPS) is 33.1. The third-order valence-electron chi connectivity index (χ3n) is 2.92. The molecule has 0 aromatic rings. The Morgan fingerprint density at radius 1 is 1.27 bits per heavy atom. The van der Waals surface area contributed by atoms with Crippen molar-refractivity contribution in [2.24, 2.45) is 0 Å². The molecule has 3 nitrogen and oxygen atoms in total. The summed E-state index contributed by atoms with van der Waals surface area (Å²) in [6.07, 6.45) is 2.84. The van der Waals surface area contributed by atoms with E-state index < -0.39 is 9.84 Å². The van der Waals surface area contributed by atoms with E-state index in [1.807, 2.05) is 0 Å². The zero-order valence-corrected chi connectivity index (χ0v) is 7.28. The van der Waals surface area contributed by atoms with Crippen molar-refractivity contribution < 1.29 is 8.42 Å². The standard InChI is InChI=1S/C7H13NO2S/c9-11(10)5-4-8-6-7(11)2-1-3-7/h8H,1-6H2. The fraction of sp³-hybridized carbons (Fsp3) is 1.00. The first-order valence-electron chi connectivity index (χ1n) is 4.09. The fourth-order valence-corrected chi connectivity index (χ4v) is 3.99. The molecule has 64 valence electrons. The molecule has 1 saturated carbocycles. The van der Waals surface area contributed by atoms with Crippen LogP contribution in [0.15, 0.2) is 0 Å². The molecule has 11 heavy (non-hydrogen) atoms. The molecule has 4 heteroatoms. The molecular weight excluding hydrogens is 162 g/mol. The maximum absolute atomic E-state index is 11.5. The summed E-state index contributed by atoms with van der Waals surface area (Å²) in [5.74, 6) is 0.340. The van der Waals surface area contributed by atoms with Crippen LogP contribution in [-0.4, -0.2) is 32.0 Å². The van der Waals surface area contributed by atoms with Gasteiger partial charge in [-0.15, -0.1) is 0 Å². The predicted octanol–water partition coefficient (Wildman–Crippen LogP) is -0.0729. The molecule has 0 radical (unpaired) electrons. The van der Waals surface area contributed by atoms with Crippen LogP contribution in [0.25, 0.3) is 0 Å². The summed E-state index contributed by atoms with van der Waals surface area (Å²) >= 11 is 0. The van der Waals surface area contributed by atoms with E-state index in [4.69, 9.17) is 0 Å². The maximum atomic E-state index is 11.5. The van der Waals surface area contributed by atoms with E-state index in [2.05, 4.69) is 5.32 Å². The van der Waals surface area contributed by atoms with Crippen LogP contribution in [0.1, 0.15) is 19.3 Å². The van der Waals surface area contributed by atoms with Gasteiger partial charge in [0.15, 0.2) is 9.84 Å². The Morgan fingerprint density at radius 2 is 2.00 bits per heavy atom. The van der Waals surface area contributed by atoms with Gasteiger partial charge in [-0.1, -0.05) is 6.42 Å². The SMILES string of the molecule is O=S1(=O)CCNCC12CCC2. The number of hydrogen-bond acceptors (Lipinski definition) is 3. The highest BCUT2D eigenvalue weighted by Crippen LogP contribution is 2.40. The third kappa shape index (κ3) is 0.924. The average Bonchev–Trinajstić information content (AvgIpc) is 1.83. The minimum atomic E-state index is -2.75. The lowest BCUT2D eigenvalue weighted by Crippen LogP contribution is -2.58. The van der Waals surface area contributed by atoms with Crippen molar-refractivity contribution >= 4 is 9.84 Å². The second kappa shape index (κ2) is 2.20. The smallest absolute Gasteiger partial charge is 0.158 e. The van der Waals surface area contributed by atoms with E-state index in [0.717, 1.165) is 19.3 Å². The van der Waals surface area contributed by atoms with Gasteiger partial charge >= 0.3 is 0 Å². The molecule has 1 saturated heterocycles. The van der Waals surface area contributed by atoms with Crippen molar-refractivity contribution in [3.8, 4) is 0 Å². The second-order valence-electron chi connectivity index (χ2n) is 3.53. The van der Waals surface area contributed by atoms with Crippen LogP contribution in [0.2, 0.25) is 0 Å². The van der Waals surface area contributed by atoms with Crippen LogP contribution < -0.4 is 5.32 Å². The van der Waals surface area contributed by atoms with Crippen LogP contribution >= 0.6 is 0 Å². The monoisotopic (exact) mass is 175 g/mol. The Labute approximate surface area is 67.1 Å². The molecule has 0 atom stereocenters. The first-order valence-corrected chi connectivity index (χ1v) is 5.75. The molecule has 0 bridgehead atoms. The van der Waals surface area contributed by atoms with Crippen molar-refractivity contribution in [2.45, 2.75) is 24.0 Å². The van der Waals surface area contributed by atoms with Crippen LogP contribution in [0.3, 0.4) is 0 Å². The molecule has 0 unspecified atom stereocenters. The zero-order chi connectivity index (χ0) is 7.95. The lowest BCUT2D eigenvalue weighted by Gasteiger charge is -2.43. The maximum Gasteiger partial charge on any atom is 0.158 e. The number of hydrogen-bond donors (Lipinski definition) is 1. The predicted molar refractivity (Wildman–Crippen MR) is 43.2 cm³/mol. The Bertz CT molecular complexity index is 254. The highest BCUT2D eigenvalue weighted by atomic mass is 32.2. The van der Waals surface area contributed by atoms with Gasteiger partial charge < -0.3 is 5.32 Å². The molecule has 1 aliphatic carbocycles. The van der Waals surface area contributed by atoms with Gasteiger partial charge in [-0.3, -0.25) is 0 Å². The molecule has 0 amide bonds. The fourth-order valence-electron chi connectivity index (χ4n) is 1.91. The van der Waals surface area contributed by atoms with Gasteiger partial charge in [0.2, 0.25) is 0 Å². The van der Waals surface area contributed by atoms with Gasteiger partial charge in [0.1, 0.15) is 0 Å². The molecule has 2 fully saturated rings. The van der Waals surface area contributed by atoms with Gasteiger partial charge in [0, 0.05) is 13.1 Å². The highest BCUT2D eigenvalue weighted by Gasteiger charge is 2.49. The third-order valence-corrected chi connectivity index (χ3v) is 5.53. The lowest BCUT2D eigenvalue weighted by atomic mass is 9.84. The molecule has 1 aliphatic heterocycles. The van der Waals surface area contributed by atoms with E-state index in [0.29, 0.717) is 18.8 Å². The minimum Gasteiger partial charge on any atom is -0.314 e. The topological polar surface area (TPSA) is 46.2 Å². The van der Waals surface area contributed by atoms with Crippen molar-refractivity contribution in [1.29, 1.82) is 0 Å². The first-order chi connectivity index (χ1) is 5.16. The summed E-state index contributed by atoms with van der Waals surface area (Å²) in [7, 11) is -2.75. The number of nitrogens with one attached hydrogen (secondary N) is 1. The quantitative estimate of drug-likeness (QED) is 0.560. The Kier molecular flexibility index (Phi) is 1.51. The highest BCUT2D eigenvalue weighted by molar-refractivity contribution is 7.93. The summed E-state index contributed by atoms with van der Waals surface area (Å²) < 4.78 is 22.7. The van der Waals surface area contributed by atoms with Gasteiger partial charge in [0.05, 0.1) is 10.5 Å². The van der Waals surface area contributed by atoms with Crippen LogP contribution in [0.5, 0.6) is 0 Å². The van der Waals surface area contributed by atoms with E-state index in [-0.39, 0.29) is 4.75 Å². The van der Waals surface area contributed by atoms with Crippen LogP contribution in [0, 0.1) is 0 Å². The van der Waals surface area contributed by atoms with E-state index in [1.165, 1.54) is 0 Å². The van der Waals surface area contributed by atoms with Gasteiger partial charge in [-0.05, 0) is 12.8 Å². The Balaban J connectivity index is 2.29. The summed E-state index contributed by atoms with van der Waals surface area (Å²) in [6.45, 7) is 1.33. The van der Waals surface area contributed by atoms with Crippen LogP contribution in [-0.2, 0) is 9.84 Å². The van der Waals surface area contributed by atoms with Gasteiger partial charge in [-0.2, -0.15) is 0 Å².